The van der Waals surface area contributed by atoms with Crippen LogP contribution < -0.4 is 21.3 Å². The Balaban J connectivity index is -0.000000716. The summed E-state index contributed by atoms with van der Waals surface area (Å²) in [5.74, 6) is 0.741. The number of carbonyl (C=O) groups is 2. The van der Waals surface area contributed by atoms with Gasteiger partial charge in [0.15, 0.2) is 0 Å². The van der Waals surface area contributed by atoms with Gasteiger partial charge in [-0.05, 0) is 49.4 Å². The van der Waals surface area contributed by atoms with E-state index in [2.05, 4.69) is 48.4 Å². The summed E-state index contributed by atoms with van der Waals surface area (Å²) in [6.45, 7) is 5.25. The van der Waals surface area contributed by atoms with Crippen molar-refractivity contribution in [2.45, 2.75) is 19.2 Å². The number of benzene rings is 2. The van der Waals surface area contributed by atoms with Crippen molar-refractivity contribution in [2.24, 2.45) is 16.6 Å². The van der Waals surface area contributed by atoms with Crippen LogP contribution in [0.3, 0.4) is 0 Å². The number of amides is 2. The van der Waals surface area contributed by atoms with Crippen molar-refractivity contribution in [3.63, 3.8) is 0 Å². The van der Waals surface area contributed by atoms with Gasteiger partial charge in [0.2, 0.25) is 10.0 Å². The van der Waals surface area contributed by atoms with Gasteiger partial charge in [0.05, 0.1) is 24.7 Å². The zero-order valence-electron chi connectivity index (χ0n) is 19.0. The van der Waals surface area contributed by atoms with Crippen LogP contribution >= 0.6 is 25.3 Å². The molecule has 36 heavy (non-hydrogen) atoms. The van der Waals surface area contributed by atoms with Gasteiger partial charge >= 0.3 is 0 Å². The number of thiol groups is 2. The highest BCUT2D eigenvalue weighted by Gasteiger charge is 2.17. The zero-order valence-corrected chi connectivity index (χ0v) is 21.6. The average Bonchev–Trinajstić information content (AvgIpc) is 3.23. The molecule has 1 aromatic heterocycles. The van der Waals surface area contributed by atoms with Gasteiger partial charge in [0.1, 0.15) is 10.6 Å². The summed E-state index contributed by atoms with van der Waals surface area (Å²) in [6, 6.07) is 15.7. The number of allylic oxidation sites excluding steroid dienone is 1. The van der Waals surface area contributed by atoms with Crippen LogP contribution in [0.2, 0.25) is 0 Å². The number of methoxy groups -OCH3 is 1. The Labute approximate surface area is 222 Å². The third-order valence-electron chi connectivity index (χ3n) is 3.43. The van der Waals surface area contributed by atoms with Crippen molar-refractivity contribution in [1.29, 1.82) is 0 Å². The highest BCUT2D eigenvalue weighted by Crippen LogP contribution is 2.27. The molecule has 3 rings (SSSR count). The molecule has 3 aromatic rings. The van der Waals surface area contributed by atoms with E-state index in [-0.39, 0.29) is 17.8 Å². The number of hydrogen-bond acceptors (Lipinski definition) is 6. The minimum Gasteiger partial charge on any atom is -0.497 e. The lowest BCUT2D eigenvalue weighted by Gasteiger charge is -2.11. The summed E-state index contributed by atoms with van der Waals surface area (Å²) in [5, 5.41) is 8.27. The van der Waals surface area contributed by atoms with Crippen LogP contribution in [0.5, 0.6) is 5.75 Å². The number of carbonyl (C=O) groups excluding carboxylic acids is 2. The largest absolute Gasteiger partial charge is 0.497 e. The Morgan fingerprint density at radius 2 is 1.47 bits per heavy atom. The first-order chi connectivity index (χ1) is 15.9. The van der Waals surface area contributed by atoms with E-state index in [0.29, 0.717) is 5.69 Å². The lowest BCUT2D eigenvalue weighted by molar-refractivity contribution is 0.266. The Morgan fingerprint density at radius 1 is 1.03 bits per heavy atom. The van der Waals surface area contributed by atoms with E-state index in [4.69, 9.17) is 19.5 Å². The van der Waals surface area contributed by atoms with Crippen LogP contribution in [0.1, 0.15) is 14.4 Å². The molecule has 1 heterocycles. The number of nitrogens with two attached hydrogens (primary N) is 3. The van der Waals surface area contributed by atoms with Gasteiger partial charge in [0.25, 0.3) is 10.5 Å². The van der Waals surface area contributed by atoms with Crippen molar-refractivity contribution in [1.82, 2.24) is 9.78 Å². The summed E-state index contributed by atoms with van der Waals surface area (Å²) < 4.78 is 30.3. The van der Waals surface area contributed by atoms with E-state index in [1.54, 1.807) is 42.3 Å². The minimum absolute atomic E-state index is 0. The summed E-state index contributed by atoms with van der Waals surface area (Å²) in [7, 11) is -2.25. The van der Waals surface area contributed by atoms with Gasteiger partial charge in [0, 0.05) is 5.56 Å². The molecule has 0 aliphatic carbocycles. The molecule has 2 amide bonds. The van der Waals surface area contributed by atoms with Gasteiger partial charge in [-0.3, -0.25) is 9.59 Å². The van der Waals surface area contributed by atoms with Crippen molar-refractivity contribution >= 4 is 45.8 Å². The van der Waals surface area contributed by atoms with Gasteiger partial charge < -0.3 is 21.7 Å². The van der Waals surface area contributed by atoms with Crippen LogP contribution in [-0.2, 0) is 10.0 Å². The Morgan fingerprint density at radius 3 is 1.89 bits per heavy atom. The quantitative estimate of drug-likeness (QED) is 0.239. The van der Waals surface area contributed by atoms with Gasteiger partial charge in [-0.2, -0.15) is 5.10 Å². The van der Waals surface area contributed by atoms with Gasteiger partial charge in [-0.15, -0.1) is 6.58 Å². The summed E-state index contributed by atoms with van der Waals surface area (Å²) in [4.78, 5) is 18.2. The van der Waals surface area contributed by atoms with E-state index in [1.165, 1.54) is 6.07 Å². The predicted molar refractivity (Wildman–Crippen MR) is 150 cm³/mol. The number of ether oxygens (including phenoxy) is 1. The number of nitrogens with zero attached hydrogens (tertiary/aromatic N) is 2. The van der Waals surface area contributed by atoms with Crippen LogP contribution in [-0.4, -0.2) is 41.3 Å². The van der Waals surface area contributed by atoms with Crippen molar-refractivity contribution < 1.29 is 28.2 Å². The highest BCUT2D eigenvalue weighted by atomic mass is 32.2. The molecule has 0 saturated heterocycles. The average molecular weight is 560 g/mol. The first-order valence-corrected chi connectivity index (χ1v) is 11.7. The molecule has 0 aliphatic heterocycles. The number of aromatic nitrogens is 2. The standard InChI is InChI=1S/C16H15N3O3S.C3H6.2CH3NOS.CH4.H2O/c1-22-13-8-6-12(7-9-13)14-10-11-18-19(14)15-4-2-3-5-16(15)23(17,20)21;1-3-2;2*2-1(3)4;;/h2-11H,1H3,(H2,17,20,21);3H,1H2,2H3;2*(H3,2,3,4);1H4;1H2. The molecule has 0 spiro atoms. The number of primary amides is 2. The van der Waals surface area contributed by atoms with E-state index in [0.717, 1.165) is 17.0 Å². The third kappa shape index (κ3) is 14.2. The summed E-state index contributed by atoms with van der Waals surface area (Å²) >= 11 is 6.21. The van der Waals surface area contributed by atoms with E-state index >= 15 is 0 Å². The van der Waals surface area contributed by atoms with Crippen molar-refractivity contribution in [3.05, 3.63) is 73.4 Å². The number of hydrogen-bond donors (Lipinski definition) is 5. The second-order valence-corrected chi connectivity index (χ2v) is 8.37. The van der Waals surface area contributed by atoms with Crippen LogP contribution in [0.25, 0.3) is 16.9 Å². The lowest BCUT2D eigenvalue weighted by atomic mass is 10.1. The lowest BCUT2D eigenvalue weighted by Crippen LogP contribution is -2.16. The molecule has 0 saturated carbocycles. The van der Waals surface area contributed by atoms with Crippen molar-refractivity contribution in [3.8, 4) is 22.7 Å². The van der Waals surface area contributed by atoms with Crippen molar-refractivity contribution in [2.75, 3.05) is 7.11 Å². The molecule has 0 radical (unpaired) electrons. The molecule has 200 valence electrons. The zero-order chi connectivity index (χ0) is 26.3. The fraction of sp³-hybridized carbons (Fsp3) is 0.136. The molecule has 0 atom stereocenters. The van der Waals surface area contributed by atoms with Crippen LogP contribution in [0, 0.1) is 0 Å². The fourth-order valence-corrected chi connectivity index (χ4v) is 3.06. The minimum atomic E-state index is -3.85. The maximum Gasteiger partial charge on any atom is 0.273 e. The topological polar surface area (TPSA) is 205 Å². The summed E-state index contributed by atoms with van der Waals surface area (Å²) in [5.41, 5.74) is 10.7. The molecule has 0 fully saturated rings. The molecule has 0 bridgehead atoms. The molecular weight excluding hydrogens is 526 g/mol. The monoisotopic (exact) mass is 559 g/mol. The Hall–Kier alpha value is -3.30. The van der Waals surface area contributed by atoms with E-state index in [1.807, 2.05) is 37.3 Å². The van der Waals surface area contributed by atoms with E-state index in [9.17, 15) is 8.42 Å². The van der Waals surface area contributed by atoms with Crippen LogP contribution in [0.4, 0.5) is 9.59 Å². The fourth-order valence-electron chi connectivity index (χ4n) is 2.35. The van der Waals surface area contributed by atoms with Gasteiger partial charge in [-0.25, -0.2) is 18.2 Å². The van der Waals surface area contributed by atoms with Gasteiger partial charge in [-0.1, -0.05) is 50.9 Å². The number of primary sulfonamides is 1. The Bertz CT molecular complexity index is 1160. The highest BCUT2D eigenvalue weighted by molar-refractivity contribution is 7.96. The smallest absolute Gasteiger partial charge is 0.273 e. The third-order valence-corrected chi connectivity index (χ3v) is 4.39. The Kier molecular flexibility index (Phi) is 19.6. The predicted octanol–water partition coefficient (Wildman–Crippen LogP) is 3.19. The normalized spacial score (nSPS) is 9.03. The molecule has 0 unspecified atom stereocenters. The molecule has 0 aliphatic rings. The summed E-state index contributed by atoms with van der Waals surface area (Å²) in [6.07, 6.45) is 3.36. The first kappa shape index (κ1) is 37.3. The molecule has 8 N–H and O–H groups in total. The SMILES string of the molecule is C.C=CC.COc1ccc(-c2ccnn2-c2ccccc2S(N)(=O)=O)cc1.NC(=O)S.NC(=O)S.O. The number of rotatable bonds is 4. The second-order valence-electron chi connectivity index (χ2n) is 5.95. The molecule has 14 heteroatoms. The number of para-hydroxylation sites is 1. The maximum atomic E-state index is 11.8. The van der Waals surface area contributed by atoms with Crippen LogP contribution in [0.15, 0.2) is 78.3 Å². The molecular formula is C22H33N5O6S3. The van der Waals surface area contributed by atoms with E-state index < -0.39 is 20.5 Å². The second kappa shape index (κ2) is 19.0. The maximum absolute atomic E-state index is 11.8. The first-order valence-electron chi connectivity index (χ1n) is 9.23. The molecule has 11 nitrogen and oxygen atoms in total. The number of sulfonamides is 1. The molecule has 2 aromatic carbocycles.